The van der Waals surface area contributed by atoms with Crippen molar-refractivity contribution in [1.29, 1.82) is 0 Å². The Hall–Kier alpha value is -0.600. The molecule has 16 heavy (non-hydrogen) atoms. The third-order valence-electron chi connectivity index (χ3n) is 3.83. The average molecular weight is 220 g/mol. The molecule has 2 heteroatoms. The maximum Gasteiger partial charge on any atom is 0.0230 e. The van der Waals surface area contributed by atoms with Crippen LogP contribution >= 0.6 is 0 Å². The molecule has 0 aromatic carbocycles. The molecule has 2 aliphatic heterocycles. The molecule has 1 N–H and O–H groups in total. The summed E-state index contributed by atoms with van der Waals surface area (Å²) >= 11 is 0. The molecule has 90 valence electrons. The highest BCUT2D eigenvalue weighted by atomic mass is 15.2. The van der Waals surface area contributed by atoms with E-state index in [0.29, 0.717) is 0 Å². The van der Waals surface area contributed by atoms with Crippen molar-refractivity contribution in [2.45, 2.75) is 19.8 Å². The molecule has 0 aliphatic carbocycles. The van der Waals surface area contributed by atoms with Crippen LogP contribution in [-0.4, -0.2) is 37.6 Å². The Labute approximate surface area is 99.4 Å². The molecule has 2 rings (SSSR count). The van der Waals surface area contributed by atoms with Crippen LogP contribution in [0, 0.1) is 11.8 Å². The van der Waals surface area contributed by atoms with Crippen LogP contribution in [0.4, 0.5) is 0 Å². The molecule has 2 nitrogen and oxygen atoms in total. The van der Waals surface area contributed by atoms with Crippen LogP contribution in [0.15, 0.2) is 24.3 Å². The summed E-state index contributed by atoms with van der Waals surface area (Å²) in [5, 5.41) is 3.48. The third-order valence-corrected chi connectivity index (χ3v) is 3.83. The molecule has 2 heterocycles. The third kappa shape index (κ3) is 2.74. The molecule has 0 unspecified atom stereocenters. The second-order valence-electron chi connectivity index (χ2n) is 5.14. The van der Waals surface area contributed by atoms with Gasteiger partial charge in [0.1, 0.15) is 0 Å². The molecule has 2 fully saturated rings. The Bertz CT molecular complexity index is 258. The average Bonchev–Trinajstić information content (AvgIpc) is 2.84. The summed E-state index contributed by atoms with van der Waals surface area (Å²) in [5.74, 6) is 1.80. The topological polar surface area (TPSA) is 15.3 Å². The van der Waals surface area contributed by atoms with Gasteiger partial charge in [0, 0.05) is 19.6 Å². The highest BCUT2D eigenvalue weighted by molar-refractivity contribution is 5.18. The predicted octanol–water partition coefficient (Wildman–Crippen LogP) is 2.05. The molecule has 0 aromatic rings. The van der Waals surface area contributed by atoms with Crippen molar-refractivity contribution in [1.82, 2.24) is 10.2 Å². The number of allylic oxidation sites excluding steroid dienone is 1. The van der Waals surface area contributed by atoms with E-state index in [1.807, 2.05) is 6.08 Å². The normalized spacial score (nSPS) is 30.7. The quantitative estimate of drug-likeness (QED) is 0.713. The molecule has 2 aliphatic rings. The zero-order chi connectivity index (χ0) is 11.4. The van der Waals surface area contributed by atoms with Gasteiger partial charge in [-0.05, 0) is 36.9 Å². The van der Waals surface area contributed by atoms with Crippen LogP contribution in [0.5, 0.6) is 0 Å². The van der Waals surface area contributed by atoms with E-state index in [2.05, 4.69) is 29.8 Å². The van der Waals surface area contributed by atoms with Crippen LogP contribution in [-0.2, 0) is 0 Å². The molecule has 0 amide bonds. The van der Waals surface area contributed by atoms with Gasteiger partial charge >= 0.3 is 0 Å². The summed E-state index contributed by atoms with van der Waals surface area (Å²) in [6, 6.07) is 0. The first kappa shape index (κ1) is 11.9. The van der Waals surface area contributed by atoms with Crippen LogP contribution in [0.3, 0.4) is 0 Å². The molecular weight excluding hydrogens is 196 g/mol. The van der Waals surface area contributed by atoms with Crippen LogP contribution in [0.1, 0.15) is 19.8 Å². The minimum Gasteiger partial charge on any atom is -0.316 e. The minimum atomic E-state index is 0.900. The fourth-order valence-electron chi connectivity index (χ4n) is 2.88. The molecule has 0 bridgehead atoms. The maximum atomic E-state index is 3.92. The zero-order valence-electron chi connectivity index (χ0n) is 10.4. The van der Waals surface area contributed by atoms with Crippen molar-refractivity contribution in [3.8, 4) is 0 Å². The molecule has 0 spiro atoms. The second-order valence-corrected chi connectivity index (χ2v) is 5.14. The van der Waals surface area contributed by atoms with E-state index in [9.17, 15) is 0 Å². The lowest BCUT2D eigenvalue weighted by Gasteiger charge is -2.17. The lowest BCUT2D eigenvalue weighted by atomic mass is 10.0. The van der Waals surface area contributed by atoms with Gasteiger partial charge in [0.2, 0.25) is 0 Å². The zero-order valence-corrected chi connectivity index (χ0v) is 10.4. The second kappa shape index (κ2) is 5.65. The van der Waals surface area contributed by atoms with E-state index in [1.54, 1.807) is 0 Å². The summed E-state index contributed by atoms with van der Waals surface area (Å²) in [6.45, 7) is 12.3. The van der Waals surface area contributed by atoms with E-state index in [0.717, 1.165) is 18.4 Å². The summed E-state index contributed by atoms with van der Waals surface area (Å²) in [6.07, 6.45) is 6.79. The van der Waals surface area contributed by atoms with Gasteiger partial charge in [0.25, 0.3) is 0 Å². The van der Waals surface area contributed by atoms with Crippen molar-refractivity contribution in [3.63, 3.8) is 0 Å². The fraction of sp³-hybridized carbons (Fsp3) is 0.714. The van der Waals surface area contributed by atoms with Gasteiger partial charge in [0.05, 0.1) is 0 Å². The first-order chi connectivity index (χ1) is 7.83. The molecule has 0 radical (unpaired) electrons. The molecule has 2 atom stereocenters. The van der Waals surface area contributed by atoms with Gasteiger partial charge in [-0.3, -0.25) is 4.90 Å². The minimum absolute atomic E-state index is 0.900. The van der Waals surface area contributed by atoms with Gasteiger partial charge in [-0.2, -0.15) is 0 Å². The van der Waals surface area contributed by atoms with Gasteiger partial charge in [-0.15, -0.1) is 0 Å². The molecular formula is C14H24N2. The van der Waals surface area contributed by atoms with E-state index >= 15 is 0 Å². The number of nitrogens with zero attached hydrogens (tertiary/aromatic N) is 1. The smallest absolute Gasteiger partial charge is 0.0230 e. The Kier molecular flexibility index (Phi) is 4.19. The molecule has 0 saturated carbocycles. The van der Waals surface area contributed by atoms with Crippen molar-refractivity contribution in [2.24, 2.45) is 11.8 Å². The standard InChI is InChI=1S/C14H24N2/c1-3-5-6-12(4-2)9-16-10-13-7-15-8-14(13)11-16/h4,6,13-15H,2-3,5,7-11H2,1H3/b12-6+/t13-,14+. The summed E-state index contributed by atoms with van der Waals surface area (Å²) in [5.41, 5.74) is 1.41. The predicted molar refractivity (Wildman–Crippen MR) is 69.5 cm³/mol. The first-order valence-electron chi connectivity index (χ1n) is 6.58. The summed E-state index contributed by atoms with van der Waals surface area (Å²) in [7, 11) is 0. The fourth-order valence-corrected chi connectivity index (χ4v) is 2.88. The van der Waals surface area contributed by atoms with Gasteiger partial charge in [-0.1, -0.05) is 32.1 Å². The van der Waals surface area contributed by atoms with E-state index in [-0.39, 0.29) is 0 Å². The Morgan fingerprint density at radius 2 is 2.06 bits per heavy atom. The van der Waals surface area contributed by atoms with E-state index in [4.69, 9.17) is 0 Å². The SMILES string of the molecule is C=C/C(=C\CCC)CN1C[C@H]2CNC[C@H]2C1. The number of fused-ring (bicyclic) bond motifs is 1. The highest BCUT2D eigenvalue weighted by Gasteiger charge is 2.35. The number of nitrogens with one attached hydrogen (secondary N) is 1. The number of rotatable bonds is 5. The van der Waals surface area contributed by atoms with Crippen molar-refractivity contribution >= 4 is 0 Å². The van der Waals surface area contributed by atoms with E-state index in [1.165, 1.54) is 44.6 Å². The summed E-state index contributed by atoms with van der Waals surface area (Å²) < 4.78 is 0. The molecule has 2 saturated heterocycles. The maximum absolute atomic E-state index is 3.92. The number of hydrogen-bond donors (Lipinski definition) is 1. The largest absolute Gasteiger partial charge is 0.316 e. The van der Waals surface area contributed by atoms with Crippen molar-refractivity contribution < 1.29 is 0 Å². The number of likely N-dealkylation sites (tertiary alicyclic amines) is 1. The van der Waals surface area contributed by atoms with Crippen LogP contribution in [0.2, 0.25) is 0 Å². The van der Waals surface area contributed by atoms with Crippen LogP contribution in [0.25, 0.3) is 0 Å². The first-order valence-corrected chi connectivity index (χ1v) is 6.58. The van der Waals surface area contributed by atoms with Gasteiger partial charge in [0.15, 0.2) is 0 Å². The monoisotopic (exact) mass is 220 g/mol. The van der Waals surface area contributed by atoms with Gasteiger partial charge < -0.3 is 5.32 Å². The van der Waals surface area contributed by atoms with Gasteiger partial charge in [-0.25, -0.2) is 0 Å². The van der Waals surface area contributed by atoms with Crippen LogP contribution < -0.4 is 5.32 Å². The summed E-state index contributed by atoms with van der Waals surface area (Å²) in [4.78, 5) is 2.60. The van der Waals surface area contributed by atoms with E-state index < -0.39 is 0 Å². The Morgan fingerprint density at radius 1 is 1.38 bits per heavy atom. The number of unbranched alkanes of at least 4 members (excludes halogenated alkanes) is 1. The lowest BCUT2D eigenvalue weighted by molar-refractivity contribution is 0.341. The highest BCUT2D eigenvalue weighted by Crippen LogP contribution is 2.26. The Morgan fingerprint density at radius 3 is 2.62 bits per heavy atom. The number of hydrogen-bond acceptors (Lipinski definition) is 2. The van der Waals surface area contributed by atoms with Crippen molar-refractivity contribution in [2.75, 3.05) is 32.7 Å². The van der Waals surface area contributed by atoms with Crippen molar-refractivity contribution in [3.05, 3.63) is 24.3 Å². The Balaban J connectivity index is 1.83. The molecule has 0 aromatic heterocycles. The lowest BCUT2D eigenvalue weighted by Crippen LogP contribution is -2.27.